The third kappa shape index (κ3) is 39.0. The van der Waals surface area contributed by atoms with Crippen LogP contribution in [-0.4, -0.2) is 179 Å². The fourth-order valence-electron chi connectivity index (χ4n) is 5.09. The van der Waals surface area contributed by atoms with Crippen molar-refractivity contribution in [2.24, 2.45) is 0 Å². The average Bonchev–Trinajstić information content (AvgIpc) is 2.99. The molecular weight excluding hydrogens is 660 g/mol. The minimum absolute atomic E-state index is 0.0139. The topological polar surface area (TPSA) is 174 Å². The molecule has 0 saturated heterocycles. The van der Waals surface area contributed by atoms with Crippen molar-refractivity contribution in [2.45, 2.75) is 157 Å². The van der Waals surface area contributed by atoms with Crippen LogP contribution in [0.15, 0.2) is 0 Å². The van der Waals surface area contributed by atoms with E-state index in [-0.39, 0.29) is 73.5 Å². The van der Waals surface area contributed by atoms with Gasteiger partial charge in [-0.05, 0) is 111 Å². The molecule has 13 nitrogen and oxygen atoms in total. The van der Waals surface area contributed by atoms with E-state index in [0.29, 0.717) is 46.2 Å². The lowest BCUT2D eigenvalue weighted by atomic mass is 9.93. The third-order valence-electron chi connectivity index (χ3n) is 6.87. The number of hydrogen-bond acceptors (Lipinski definition) is 13. The summed E-state index contributed by atoms with van der Waals surface area (Å²) in [4.78, 5) is 5.23. The van der Waals surface area contributed by atoms with Crippen molar-refractivity contribution < 1.29 is 54.3 Å². The highest BCUT2D eigenvalue weighted by molar-refractivity contribution is 4.91. The second-order valence-electron chi connectivity index (χ2n) is 16.6. The number of ether oxygens (including phenoxy) is 5. The highest BCUT2D eigenvalue weighted by atomic mass is 16.5. The normalized spacial score (nSPS) is 14.8. The van der Waals surface area contributed by atoms with E-state index in [4.69, 9.17) is 54.3 Å². The number of rotatable bonds is 21. The van der Waals surface area contributed by atoms with Gasteiger partial charge in [-0.15, -0.1) is 0 Å². The zero-order valence-electron chi connectivity index (χ0n) is 35.8. The van der Waals surface area contributed by atoms with Gasteiger partial charge < -0.3 is 54.3 Å². The maximum absolute atomic E-state index is 8.80. The first kappa shape index (κ1) is 57.2. The molecule has 4 unspecified atom stereocenters. The van der Waals surface area contributed by atoms with Crippen LogP contribution in [0.3, 0.4) is 0 Å². The standard InChI is InChI=1S/C18H40N2.C8H18O4.C7H16O4.C5H12O3/c1-15(2,3)19(16(4,5)6)13-14-20(17(7,8)9)18(10,11)12;1-7(10)6-11-3-4-12-8(2)5-9;1-7(11-5-3-9)6-10-4-2-8;1-5(4-7)8-3-2-6/h13-14H2,1-12H3;7-10H,3-6H2,1-2H3;7-9H,2-6H2,1H3;5-7H,2-4H2,1H3. The van der Waals surface area contributed by atoms with Gasteiger partial charge in [-0.2, -0.15) is 0 Å². The van der Waals surface area contributed by atoms with Crippen LogP contribution in [0.4, 0.5) is 0 Å². The van der Waals surface area contributed by atoms with Crippen molar-refractivity contribution in [1.82, 2.24) is 9.80 Å². The van der Waals surface area contributed by atoms with E-state index in [0.717, 1.165) is 13.1 Å². The lowest BCUT2D eigenvalue weighted by Gasteiger charge is -2.50. The Morgan fingerprint density at radius 3 is 1.04 bits per heavy atom. The van der Waals surface area contributed by atoms with E-state index in [2.05, 4.69) is 92.9 Å². The van der Waals surface area contributed by atoms with Crippen LogP contribution in [0.5, 0.6) is 0 Å². The Hall–Kier alpha value is -0.520. The molecule has 4 atom stereocenters. The van der Waals surface area contributed by atoms with Gasteiger partial charge in [0, 0.05) is 35.2 Å². The number of aliphatic hydroxyl groups excluding tert-OH is 6. The van der Waals surface area contributed by atoms with E-state index in [1.54, 1.807) is 20.8 Å². The first-order valence-electron chi connectivity index (χ1n) is 18.5. The highest BCUT2D eigenvalue weighted by Gasteiger charge is 2.35. The molecule has 0 heterocycles. The van der Waals surface area contributed by atoms with Crippen molar-refractivity contribution in [2.75, 3.05) is 92.4 Å². The van der Waals surface area contributed by atoms with Gasteiger partial charge in [0.2, 0.25) is 0 Å². The van der Waals surface area contributed by atoms with Gasteiger partial charge in [-0.1, -0.05) is 0 Å². The Labute approximate surface area is 313 Å². The Morgan fingerprint density at radius 1 is 0.431 bits per heavy atom. The minimum atomic E-state index is -0.430. The predicted octanol–water partition coefficient (Wildman–Crippen LogP) is 3.33. The van der Waals surface area contributed by atoms with Crippen LogP contribution < -0.4 is 0 Å². The molecule has 0 rings (SSSR count). The van der Waals surface area contributed by atoms with Crippen molar-refractivity contribution >= 4 is 0 Å². The Morgan fingerprint density at radius 2 is 0.745 bits per heavy atom. The van der Waals surface area contributed by atoms with Crippen LogP contribution in [0.2, 0.25) is 0 Å². The number of hydrogen-bond donors (Lipinski definition) is 6. The molecule has 51 heavy (non-hydrogen) atoms. The smallest absolute Gasteiger partial charge is 0.0781 e. The number of nitrogens with zero attached hydrogens (tertiary/aromatic N) is 2. The molecule has 13 heteroatoms. The van der Waals surface area contributed by atoms with Crippen molar-refractivity contribution in [3.8, 4) is 0 Å². The molecule has 6 N–H and O–H groups in total. The monoisotopic (exact) mass is 747 g/mol. The summed E-state index contributed by atoms with van der Waals surface area (Å²) in [5, 5.41) is 50.7. The summed E-state index contributed by atoms with van der Waals surface area (Å²) in [6, 6.07) is 0. The highest BCUT2D eigenvalue weighted by Crippen LogP contribution is 2.28. The number of aliphatic hydroxyl groups is 6. The van der Waals surface area contributed by atoms with E-state index in [9.17, 15) is 0 Å². The van der Waals surface area contributed by atoms with Crippen molar-refractivity contribution in [1.29, 1.82) is 0 Å². The molecule has 0 aliphatic carbocycles. The zero-order valence-corrected chi connectivity index (χ0v) is 35.8. The summed E-state index contributed by atoms with van der Waals surface area (Å²) in [5.74, 6) is 0. The Kier molecular flexibility index (Phi) is 35.7. The van der Waals surface area contributed by atoms with Crippen LogP contribution in [0.25, 0.3) is 0 Å². The molecule has 0 aliphatic rings. The first-order chi connectivity index (χ1) is 23.3. The van der Waals surface area contributed by atoms with Crippen LogP contribution >= 0.6 is 0 Å². The molecule has 0 saturated carbocycles. The van der Waals surface area contributed by atoms with Gasteiger partial charge in [0.15, 0.2) is 0 Å². The van der Waals surface area contributed by atoms with E-state index in [1.807, 2.05) is 6.92 Å². The second-order valence-corrected chi connectivity index (χ2v) is 16.6. The van der Waals surface area contributed by atoms with Gasteiger partial charge in [0.05, 0.1) is 104 Å². The van der Waals surface area contributed by atoms with Gasteiger partial charge in [0.1, 0.15) is 0 Å². The molecule has 0 radical (unpaired) electrons. The largest absolute Gasteiger partial charge is 0.394 e. The maximum atomic E-state index is 8.80. The van der Waals surface area contributed by atoms with Crippen molar-refractivity contribution in [3.63, 3.8) is 0 Å². The van der Waals surface area contributed by atoms with E-state index < -0.39 is 6.10 Å². The molecule has 0 aliphatic heterocycles. The van der Waals surface area contributed by atoms with E-state index >= 15 is 0 Å². The van der Waals surface area contributed by atoms with Gasteiger partial charge in [0.25, 0.3) is 0 Å². The lowest BCUT2D eigenvalue weighted by molar-refractivity contribution is -0.0253. The van der Waals surface area contributed by atoms with Crippen LogP contribution in [0, 0.1) is 0 Å². The third-order valence-corrected chi connectivity index (χ3v) is 6.87. The summed E-state index contributed by atoms with van der Waals surface area (Å²) in [6.45, 7) is 39.8. The summed E-state index contributed by atoms with van der Waals surface area (Å²) in [5.41, 5.74) is 0.777. The summed E-state index contributed by atoms with van der Waals surface area (Å²) in [6.07, 6.45) is -0.740. The maximum Gasteiger partial charge on any atom is 0.0781 e. The Bertz CT molecular complexity index is 673. The Balaban J connectivity index is -0.000000307. The first-order valence-corrected chi connectivity index (χ1v) is 18.5. The minimum Gasteiger partial charge on any atom is -0.394 e. The SMILES string of the molecule is CC(C)(C)N(CCN(C(C)(C)C)C(C)(C)C)C(C)(C)C.CC(CO)OCCO.CC(COCCO)OCCO.CC(O)COCCOC(C)CO. The van der Waals surface area contributed by atoms with Gasteiger partial charge >= 0.3 is 0 Å². The summed E-state index contributed by atoms with van der Waals surface area (Å²) < 4.78 is 25.1. The summed E-state index contributed by atoms with van der Waals surface area (Å²) >= 11 is 0. The lowest BCUT2D eigenvalue weighted by Crippen LogP contribution is -2.59. The van der Waals surface area contributed by atoms with Crippen LogP contribution in [0.1, 0.15) is 111 Å². The molecular formula is C38H86N2O11. The van der Waals surface area contributed by atoms with Crippen LogP contribution in [-0.2, 0) is 23.7 Å². The molecule has 0 bridgehead atoms. The molecule has 0 fully saturated rings. The second kappa shape index (κ2) is 31.8. The van der Waals surface area contributed by atoms with E-state index in [1.165, 1.54) is 0 Å². The molecule has 0 aromatic rings. The average molecular weight is 747 g/mol. The fourth-order valence-corrected chi connectivity index (χ4v) is 5.09. The van der Waals surface area contributed by atoms with Gasteiger partial charge in [-0.3, -0.25) is 9.80 Å². The summed E-state index contributed by atoms with van der Waals surface area (Å²) in [7, 11) is 0. The van der Waals surface area contributed by atoms with Crippen molar-refractivity contribution in [3.05, 3.63) is 0 Å². The van der Waals surface area contributed by atoms with Gasteiger partial charge in [-0.25, -0.2) is 0 Å². The molecule has 0 amide bonds. The fraction of sp³-hybridized carbons (Fsp3) is 1.00. The molecule has 0 aromatic carbocycles. The quantitative estimate of drug-likeness (QED) is 0.0946. The predicted molar refractivity (Wildman–Crippen MR) is 207 cm³/mol. The molecule has 0 spiro atoms. The molecule has 314 valence electrons. The zero-order chi connectivity index (χ0) is 40.9. The molecule has 0 aromatic heterocycles.